The molecule has 30 heavy (non-hydrogen) atoms. The fraction of sp³-hybridized carbons (Fsp3) is 0.962. The first-order chi connectivity index (χ1) is 14.1. The largest absolute Gasteiger partial charge is 0.414 e. The summed E-state index contributed by atoms with van der Waals surface area (Å²) in [4.78, 5) is 12.7. The summed E-state index contributed by atoms with van der Waals surface area (Å²) >= 11 is 0. The van der Waals surface area contributed by atoms with E-state index in [0.29, 0.717) is 48.5 Å². The van der Waals surface area contributed by atoms with Gasteiger partial charge in [-0.15, -0.1) is 0 Å². The molecule has 3 unspecified atom stereocenters. The maximum Gasteiger partial charge on any atom is 0.192 e. The molecule has 0 aromatic rings. The van der Waals surface area contributed by atoms with Crippen molar-refractivity contribution in [3.63, 3.8) is 0 Å². The Kier molecular flexibility index (Phi) is 9.22. The van der Waals surface area contributed by atoms with Gasteiger partial charge in [-0.3, -0.25) is 4.79 Å². The van der Waals surface area contributed by atoms with Gasteiger partial charge in [0.2, 0.25) is 0 Å². The van der Waals surface area contributed by atoms with E-state index in [0.717, 1.165) is 6.42 Å². The SMILES string of the molecule is CCC(O)(CC)C(=O)CCC(C)[C@H]1CCC2C(O[Si](CC)(CC)CC)CCC[C@@]21C. The second-order valence-corrected chi connectivity index (χ2v) is 15.5. The average Bonchev–Trinajstić information content (AvgIpc) is 3.12. The molecule has 0 amide bonds. The van der Waals surface area contributed by atoms with Crippen LogP contribution in [0.25, 0.3) is 0 Å². The number of hydrogen-bond donors (Lipinski definition) is 1. The van der Waals surface area contributed by atoms with E-state index in [4.69, 9.17) is 4.43 Å². The summed E-state index contributed by atoms with van der Waals surface area (Å²) in [7, 11) is -1.58. The second-order valence-electron chi connectivity index (χ2n) is 10.8. The maximum absolute atomic E-state index is 12.7. The average molecular weight is 439 g/mol. The van der Waals surface area contributed by atoms with Crippen LogP contribution >= 0.6 is 0 Å². The van der Waals surface area contributed by atoms with Gasteiger partial charge in [0, 0.05) is 12.5 Å². The summed E-state index contributed by atoms with van der Waals surface area (Å²) in [6, 6.07) is 3.71. The highest BCUT2D eigenvalue weighted by atomic mass is 28.4. The van der Waals surface area contributed by atoms with Gasteiger partial charge in [-0.25, -0.2) is 0 Å². The van der Waals surface area contributed by atoms with Crippen molar-refractivity contribution >= 4 is 14.1 Å². The minimum absolute atomic E-state index is 0.0496. The fourth-order valence-electron chi connectivity index (χ4n) is 6.99. The van der Waals surface area contributed by atoms with Crippen LogP contribution in [0.1, 0.15) is 106 Å². The van der Waals surface area contributed by atoms with Crippen molar-refractivity contribution in [3.05, 3.63) is 0 Å². The lowest BCUT2D eigenvalue weighted by Gasteiger charge is -2.49. The van der Waals surface area contributed by atoms with E-state index in [1.807, 2.05) is 13.8 Å². The Hall–Kier alpha value is -0.193. The zero-order chi connectivity index (χ0) is 22.6. The van der Waals surface area contributed by atoms with Crippen molar-refractivity contribution in [2.45, 2.75) is 136 Å². The van der Waals surface area contributed by atoms with E-state index < -0.39 is 13.9 Å². The number of hydrogen-bond acceptors (Lipinski definition) is 3. The first-order valence-corrected chi connectivity index (χ1v) is 15.6. The molecule has 176 valence electrons. The van der Waals surface area contributed by atoms with Gasteiger partial charge in [0.25, 0.3) is 0 Å². The van der Waals surface area contributed by atoms with Gasteiger partial charge >= 0.3 is 0 Å². The zero-order valence-electron chi connectivity index (χ0n) is 21.1. The molecule has 0 aliphatic heterocycles. The van der Waals surface area contributed by atoms with Crippen LogP contribution in [-0.2, 0) is 9.22 Å². The summed E-state index contributed by atoms with van der Waals surface area (Å²) in [6.07, 6.45) is 9.36. The predicted octanol–water partition coefficient (Wildman–Crippen LogP) is 7.13. The van der Waals surface area contributed by atoms with Crippen LogP contribution in [0.4, 0.5) is 0 Å². The number of fused-ring (bicyclic) bond motifs is 1. The van der Waals surface area contributed by atoms with Crippen LogP contribution in [0.15, 0.2) is 0 Å². The van der Waals surface area contributed by atoms with Gasteiger partial charge < -0.3 is 9.53 Å². The Morgan fingerprint density at radius 2 is 1.70 bits per heavy atom. The fourth-order valence-corrected chi connectivity index (χ4v) is 9.92. The molecule has 2 fully saturated rings. The number of rotatable bonds is 12. The smallest absolute Gasteiger partial charge is 0.192 e. The van der Waals surface area contributed by atoms with Crippen molar-refractivity contribution in [2.75, 3.05) is 0 Å². The highest BCUT2D eigenvalue weighted by Crippen LogP contribution is 2.59. The van der Waals surface area contributed by atoms with E-state index >= 15 is 0 Å². The van der Waals surface area contributed by atoms with Crippen LogP contribution in [0.3, 0.4) is 0 Å². The first-order valence-electron chi connectivity index (χ1n) is 13.1. The Balaban J connectivity index is 2.06. The normalized spacial score (nSPS) is 30.9. The third-order valence-corrected chi connectivity index (χ3v) is 14.3. The molecular formula is C26H50O3Si. The molecule has 0 saturated heterocycles. The number of Topliss-reactive ketones (excluding diaryl/α,β-unsaturated/α-hetero) is 1. The lowest BCUT2D eigenvalue weighted by molar-refractivity contribution is -0.138. The van der Waals surface area contributed by atoms with Crippen LogP contribution in [0.2, 0.25) is 18.1 Å². The van der Waals surface area contributed by atoms with E-state index in [9.17, 15) is 9.90 Å². The number of aliphatic hydroxyl groups is 1. The number of carbonyl (C=O) groups excluding carboxylic acids is 1. The van der Waals surface area contributed by atoms with Gasteiger partial charge in [-0.05, 0) is 86.2 Å². The minimum Gasteiger partial charge on any atom is -0.414 e. The highest BCUT2D eigenvalue weighted by molar-refractivity contribution is 6.73. The van der Waals surface area contributed by atoms with Crippen molar-refractivity contribution in [1.82, 2.24) is 0 Å². The molecule has 0 radical (unpaired) electrons. The predicted molar refractivity (Wildman–Crippen MR) is 129 cm³/mol. The molecule has 1 N–H and O–H groups in total. The number of ketones is 1. The minimum atomic E-state index is -1.58. The molecule has 0 aromatic heterocycles. The molecule has 2 saturated carbocycles. The van der Waals surface area contributed by atoms with Crippen molar-refractivity contribution < 1.29 is 14.3 Å². The van der Waals surface area contributed by atoms with Crippen LogP contribution in [0.5, 0.6) is 0 Å². The molecule has 5 atom stereocenters. The Morgan fingerprint density at radius 3 is 2.23 bits per heavy atom. The van der Waals surface area contributed by atoms with Crippen molar-refractivity contribution in [3.8, 4) is 0 Å². The Bertz CT molecular complexity index is 546. The van der Waals surface area contributed by atoms with Crippen molar-refractivity contribution in [1.29, 1.82) is 0 Å². The van der Waals surface area contributed by atoms with E-state index in [-0.39, 0.29) is 5.78 Å². The lowest BCUT2D eigenvalue weighted by Crippen LogP contribution is -2.48. The van der Waals surface area contributed by atoms with Gasteiger partial charge in [0.05, 0.1) is 0 Å². The second kappa shape index (κ2) is 10.6. The molecule has 2 rings (SSSR count). The summed E-state index contributed by atoms with van der Waals surface area (Å²) in [5.41, 5.74) is -0.757. The summed E-state index contributed by atoms with van der Waals surface area (Å²) in [5, 5.41) is 10.6. The monoisotopic (exact) mass is 438 g/mol. The summed E-state index contributed by atoms with van der Waals surface area (Å²) in [6.45, 7) is 15.7. The van der Waals surface area contributed by atoms with Crippen LogP contribution in [0, 0.1) is 23.2 Å². The van der Waals surface area contributed by atoms with E-state index in [2.05, 4.69) is 34.6 Å². The summed E-state index contributed by atoms with van der Waals surface area (Å²) < 4.78 is 7.06. The molecule has 0 heterocycles. The standard InChI is InChI=1S/C26H50O3Si/c1-8-26(28,9-2)24(27)18-15-20(6)21-16-17-22-23(14-13-19-25(21,22)7)29-30(10-3,11-4)12-5/h20-23,28H,8-19H2,1-7H3/t20?,21-,22?,23?,25-/m1/s1. The zero-order valence-corrected chi connectivity index (χ0v) is 22.1. The molecule has 3 nitrogen and oxygen atoms in total. The topological polar surface area (TPSA) is 46.5 Å². The van der Waals surface area contributed by atoms with Gasteiger partial charge in [0.1, 0.15) is 5.60 Å². The number of carbonyl (C=O) groups is 1. The maximum atomic E-state index is 12.7. The molecule has 2 aliphatic carbocycles. The van der Waals surface area contributed by atoms with Crippen molar-refractivity contribution in [2.24, 2.45) is 23.2 Å². The molecule has 0 bridgehead atoms. The van der Waals surface area contributed by atoms with Gasteiger partial charge in [0.15, 0.2) is 14.1 Å². The molecular weight excluding hydrogens is 388 g/mol. The first kappa shape index (κ1) is 26.1. The quantitative estimate of drug-likeness (QED) is 0.330. The summed E-state index contributed by atoms with van der Waals surface area (Å²) in [5.74, 6) is 1.95. The third-order valence-electron chi connectivity index (χ3n) is 9.67. The van der Waals surface area contributed by atoms with Crippen LogP contribution < -0.4 is 0 Å². The molecule has 0 spiro atoms. The van der Waals surface area contributed by atoms with Crippen LogP contribution in [-0.4, -0.2) is 30.9 Å². The Morgan fingerprint density at radius 1 is 1.10 bits per heavy atom. The lowest BCUT2D eigenvalue weighted by atomic mass is 9.61. The Labute approximate surface area is 187 Å². The van der Waals surface area contributed by atoms with E-state index in [1.54, 1.807) is 0 Å². The molecule has 2 aliphatic rings. The van der Waals surface area contributed by atoms with Gasteiger partial charge in [-0.2, -0.15) is 0 Å². The highest BCUT2D eigenvalue weighted by Gasteiger charge is 2.54. The van der Waals surface area contributed by atoms with Gasteiger partial charge in [-0.1, -0.05) is 54.9 Å². The molecule has 4 heteroatoms. The third kappa shape index (κ3) is 5.07. The van der Waals surface area contributed by atoms with E-state index in [1.165, 1.54) is 50.2 Å². The molecule has 0 aromatic carbocycles.